The minimum atomic E-state index is 0.333. The van der Waals surface area contributed by atoms with Crippen LogP contribution >= 0.6 is 11.6 Å². The first kappa shape index (κ1) is 9.46. The van der Waals surface area contributed by atoms with Crippen LogP contribution in [0.2, 0.25) is 5.28 Å². The van der Waals surface area contributed by atoms with E-state index >= 15 is 0 Å². The fourth-order valence-electron chi connectivity index (χ4n) is 0.943. The van der Waals surface area contributed by atoms with Gasteiger partial charge in [0.1, 0.15) is 0 Å². The van der Waals surface area contributed by atoms with Gasteiger partial charge >= 0.3 is 0 Å². The molecule has 0 bridgehead atoms. The molecule has 66 valence electrons. The van der Waals surface area contributed by atoms with Crippen LogP contribution in [0.15, 0.2) is 12.3 Å². The number of hydrogen-bond acceptors (Lipinski definition) is 2. The van der Waals surface area contributed by atoms with Gasteiger partial charge in [0.25, 0.3) is 0 Å². The first-order valence-electron chi connectivity index (χ1n) is 4.09. The van der Waals surface area contributed by atoms with Gasteiger partial charge in [0.05, 0.1) is 0 Å². The molecule has 1 aromatic heterocycles. The lowest BCUT2D eigenvalue weighted by Gasteiger charge is -2.13. The number of hydrogen-bond donors (Lipinski definition) is 0. The first-order chi connectivity index (χ1) is 5.61. The summed E-state index contributed by atoms with van der Waals surface area (Å²) in [5, 5.41) is 0.333. The summed E-state index contributed by atoms with van der Waals surface area (Å²) in [4.78, 5) is 7.98. The summed E-state index contributed by atoms with van der Waals surface area (Å²) >= 11 is 5.67. The lowest BCUT2D eigenvalue weighted by Crippen LogP contribution is -2.04. The maximum absolute atomic E-state index is 5.67. The molecule has 0 aromatic carbocycles. The molecule has 0 aliphatic carbocycles. The Labute approximate surface area is 78.0 Å². The Morgan fingerprint density at radius 1 is 1.33 bits per heavy atom. The molecular formula is C9H13ClN2. The second kappa shape index (κ2) is 3.85. The van der Waals surface area contributed by atoms with Crippen LogP contribution in [-0.2, 0) is 0 Å². The molecule has 1 heterocycles. The van der Waals surface area contributed by atoms with E-state index in [0.29, 0.717) is 17.1 Å². The van der Waals surface area contributed by atoms with Crippen LogP contribution in [0.1, 0.15) is 32.4 Å². The molecular weight excluding hydrogens is 172 g/mol. The van der Waals surface area contributed by atoms with Gasteiger partial charge in [-0.05, 0) is 23.6 Å². The molecule has 0 spiro atoms. The highest BCUT2D eigenvalue weighted by Gasteiger charge is 2.11. The van der Waals surface area contributed by atoms with Gasteiger partial charge in [0, 0.05) is 17.8 Å². The van der Waals surface area contributed by atoms with Gasteiger partial charge in [0.15, 0.2) is 0 Å². The molecule has 0 amide bonds. The summed E-state index contributed by atoms with van der Waals surface area (Å²) in [5.41, 5.74) is 1.02. The third-order valence-corrected chi connectivity index (χ3v) is 2.30. The lowest BCUT2D eigenvalue weighted by molar-refractivity contribution is 0.522. The van der Waals surface area contributed by atoms with E-state index in [1.165, 1.54) is 0 Å². The maximum atomic E-state index is 5.67. The van der Waals surface area contributed by atoms with Gasteiger partial charge in [-0.15, -0.1) is 0 Å². The highest BCUT2D eigenvalue weighted by molar-refractivity contribution is 6.28. The Kier molecular flexibility index (Phi) is 3.04. The molecule has 0 aliphatic rings. The molecule has 3 heteroatoms. The summed E-state index contributed by atoms with van der Waals surface area (Å²) in [6.07, 6.45) is 1.70. The highest BCUT2D eigenvalue weighted by Crippen LogP contribution is 2.21. The van der Waals surface area contributed by atoms with E-state index < -0.39 is 0 Å². The van der Waals surface area contributed by atoms with Gasteiger partial charge in [-0.25, -0.2) is 9.97 Å². The first-order valence-corrected chi connectivity index (χ1v) is 4.47. The van der Waals surface area contributed by atoms with E-state index in [1.54, 1.807) is 6.20 Å². The summed E-state index contributed by atoms with van der Waals surface area (Å²) in [6.45, 7) is 6.48. The summed E-state index contributed by atoms with van der Waals surface area (Å²) in [5.74, 6) is 1.02. The molecule has 0 N–H and O–H groups in total. The SMILES string of the molecule is CC(C)[C@@H](C)c1ccnc(Cl)n1. The summed E-state index contributed by atoms with van der Waals surface area (Å²) in [6, 6.07) is 1.91. The fourth-order valence-corrected chi connectivity index (χ4v) is 1.10. The zero-order chi connectivity index (χ0) is 9.14. The van der Waals surface area contributed by atoms with Crippen molar-refractivity contribution in [2.75, 3.05) is 0 Å². The Balaban J connectivity index is 2.88. The van der Waals surface area contributed by atoms with Crippen LogP contribution in [0.25, 0.3) is 0 Å². The van der Waals surface area contributed by atoms with Gasteiger partial charge in [-0.2, -0.15) is 0 Å². The summed E-state index contributed by atoms with van der Waals surface area (Å²) in [7, 11) is 0. The molecule has 0 aliphatic heterocycles. The smallest absolute Gasteiger partial charge is 0.222 e. The monoisotopic (exact) mass is 184 g/mol. The fraction of sp³-hybridized carbons (Fsp3) is 0.556. The molecule has 0 unspecified atom stereocenters. The number of nitrogens with zero attached hydrogens (tertiary/aromatic N) is 2. The van der Waals surface area contributed by atoms with E-state index in [4.69, 9.17) is 11.6 Å². The Morgan fingerprint density at radius 3 is 2.50 bits per heavy atom. The van der Waals surface area contributed by atoms with E-state index in [0.717, 1.165) is 5.69 Å². The van der Waals surface area contributed by atoms with Crippen molar-refractivity contribution < 1.29 is 0 Å². The molecule has 0 saturated heterocycles. The third kappa shape index (κ3) is 2.18. The van der Waals surface area contributed by atoms with Gasteiger partial charge in [-0.3, -0.25) is 0 Å². The van der Waals surface area contributed by atoms with E-state index in [-0.39, 0.29) is 0 Å². The van der Waals surface area contributed by atoms with Gasteiger partial charge in [-0.1, -0.05) is 20.8 Å². The normalized spacial score (nSPS) is 13.4. The second-order valence-electron chi connectivity index (χ2n) is 3.28. The van der Waals surface area contributed by atoms with Crippen LogP contribution in [-0.4, -0.2) is 9.97 Å². The molecule has 0 fully saturated rings. The Bertz CT molecular complexity index is 260. The van der Waals surface area contributed by atoms with E-state index in [2.05, 4.69) is 30.7 Å². The predicted octanol–water partition coefficient (Wildman–Crippen LogP) is 2.89. The highest BCUT2D eigenvalue weighted by atomic mass is 35.5. The van der Waals surface area contributed by atoms with E-state index in [9.17, 15) is 0 Å². The number of rotatable bonds is 2. The van der Waals surface area contributed by atoms with Crippen molar-refractivity contribution in [1.82, 2.24) is 9.97 Å². The van der Waals surface area contributed by atoms with E-state index in [1.807, 2.05) is 6.07 Å². The second-order valence-corrected chi connectivity index (χ2v) is 3.62. The molecule has 0 radical (unpaired) electrons. The zero-order valence-electron chi connectivity index (χ0n) is 7.58. The average molecular weight is 185 g/mol. The number of halogens is 1. The Morgan fingerprint density at radius 2 is 2.00 bits per heavy atom. The van der Waals surface area contributed by atoms with Crippen molar-refractivity contribution in [2.45, 2.75) is 26.7 Å². The van der Waals surface area contributed by atoms with Gasteiger partial charge < -0.3 is 0 Å². The van der Waals surface area contributed by atoms with Crippen LogP contribution in [0.3, 0.4) is 0 Å². The van der Waals surface area contributed by atoms with Crippen LogP contribution in [0.4, 0.5) is 0 Å². The molecule has 1 atom stereocenters. The van der Waals surface area contributed by atoms with Crippen molar-refractivity contribution >= 4 is 11.6 Å². The minimum absolute atomic E-state index is 0.333. The van der Waals surface area contributed by atoms with Crippen molar-refractivity contribution in [3.8, 4) is 0 Å². The third-order valence-electron chi connectivity index (χ3n) is 2.11. The molecule has 1 aromatic rings. The molecule has 2 nitrogen and oxygen atoms in total. The van der Waals surface area contributed by atoms with Crippen molar-refractivity contribution in [1.29, 1.82) is 0 Å². The topological polar surface area (TPSA) is 25.8 Å². The van der Waals surface area contributed by atoms with Crippen molar-refractivity contribution in [2.24, 2.45) is 5.92 Å². The Hall–Kier alpha value is -0.630. The number of aromatic nitrogens is 2. The van der Waals surface area contributed by atoms with Gasteiger partial charge in [0.2, 0.25) is 5.28 Å². The van der Waals surface area contributed by atoms with Crippen LogP contribution in [0, 0.1) is 5.92 Å². The summed E-state index contributed by atoms with van der Waals surface area (Å²) < 4.78 is 0. The van der Waals surface area contributed by atoms with Crippen LogP contribution in [0.5, 0.6) is 0 Å². The molecule has 0 saturated carbocycles. The average Bonchev–Trinajstić information content (AvgIpc) is 2.03. The quantitative estimate of drug-likeness (QED) is 0.661. The van der Waals surface area contributed by atoms with Crippen molar-refractivity contribution in [3.05, 3.63) is 23.2 Å². The van der Waals surface area contributed by atoms with Crippen molar-refractivity contribution in [3.63, 3.8) is 0 Å². The van der Waals surface area contributed by atoms with Crippen LogP contribution < -0.4 is 0 Å². The molecule has 1 rings (SSSR count). The maximum Gasteiger partial charge on any atom is 0.222 e. The zero-order valence-corrected chi connectivity index (χ0v) is 8.34. The molecule has 12 heavy (non-hydrogen) atoms. The standard InChI is InChI=1S/C9H13ClN2/c1-6(2)7(3)8-4-5-11-9(10)12-8/h4-7H,1-3H3/t7-/m1/s1. The lowest BCUT2D eigenvalue weighted by atomic mass is 9.95. The largest absolute Gasteiger partial charge is 0.227 e. The predicted molar refractivity (Wildman–Crippen MR) is 50.3 cm³/mol. The minimum Gasteiger partial charge on any atom is -0.227 e.